The monoisotopic (exact) mass is 245 g/mol. The molecule has 1 saturated carbocycles. The van der Waals surface area contributed by atoms with Crippen LogP contribution in [-0.4, -0.2) is 15.1 Å². The van der Waals surface area contributed by atoms with E-state index < -0.39 is 5.82 Å². The molecule has 1 aliphatic carbocycles. The average molecular weight is 245 g/mol. The third kappa shape index (κ3) is 1.77. The number of nitrogens with two attached hydrogens (primary N) is 1. The number of nitrogen functional groups attached to an aromatic ring is 1. The molecule has 3 rings (SSSR count). The summed E-state index contributed by atoms with van der Waals surface area (Å²) in [7, 11) is 0. The van der Waals surface area contributed by atoms with Crippen molar-refractivity contribution in [3.63, 3.8) is 0 Å². The van der Waals surface area contributed by atoms with Gasteiger partial charge in [0.05, 0.1) is 18.1 Å². The normalized spacial score (nSPS) is 14.7. The number of aromatic nitrogens is 2. The van der Waals surface area contributed by atoms with Crippen molar-refractivity contribution in [2.45, 2.75) is 18.8 Å². The average Bonchev–Trinajstić information content (AvgIpc) is 3.18. The van der Waals surface area contributed by atoms with E-state index in [1.807, 2.05) is 0 Å². The third-order valence-corrected chi connectivity index (χ3v) is 3.11. The number of nitrogens with zero attached hydrogens (tertiary/aromatic N) is 2. The minimum absolute atomic E-state index is 0.240. The van der Waals surface area contributed by atoms with Gasteiger partial charge in [-0.05, 0) is 24.8 Å². The zero-order valence-corrected chi connectivity index (χ0v) is 9.60. The van der Waals surface area contributed by atoms with Crippen LogP contribution >= 0.6 is 0 Å². The lowest BCUT2D eigenvalue weighted by Gasteiger charge is -2.08. The van der Waals surface area contributed by atoms with Crippen LogP contribution in [0, 0.1) is 5.82 Å². The van der Waals surface area contributed by atoms with E-state index in [0.29, 0.717) is 17.2 Å². The molecule has 18 heavy (non-hydrogen) atoms. The fourth-order valence-electron chi connectivity index (χ4n) is 1.98. The summed E-state index contributed by atoms with van der Waals surface area (Å²) in [4.78, 5) is 7.87. The van der Waals surface area contributed by atoms with Gasteiger partial charge in [0.15, 0.2) is 11.6 Å². The van der Waals surface area contributed by atoms with E-state index in [1.54, 1.807) is 12.1 Å². The molecule has 1 aromatic heterocycles. The highest BCUT2D eigenvalue weighted by Gasteiger charge is 2.28. The second-order valence-corrected chi connectivity index (χ2v) is 4.47. The fraction of sp³-hybridized carbons (Fsp3) is 0.231. The van der Waals surface area contributed by atoms with Gasteiger partial charge in [-0.3, -0.25) is 4.98 Å². The van der Waals surface area contributed by atoms with Crippen molar-refractivity contribution >= 4 is 5.82 Å². The molecule has 1 fully saturated rings. The van der Waals surface area contributed by atoms with Gasteiger partial charge < -0.3 is 10.8 Å². The lowest BCUT2D eigenvalue weighted by atomic mass is 10.0. The summed E-state index contributed by atoms with van der Waals surface area (Å²) in [6.07, 6.45) is 4.77. The Morgan fingerprint density at radius 2 is 2.00 bits per heavy atom. The summed E-state index contributed by atoms with van der Waals surface area (Å²) in [5.41, 5.74) is 6.71. The topological polar surface area (TPSA) is 72.0 Å². The Morgan fingerprint density at radius 3 is 2.61 bits per heavy atom. The molecular formula is C13H12FN3O. The standard InChI is InChI=1S/C13H12FN3O/c14-12-9(10-5-17-11(15)6-16-10)4-3-8(13(12)18)7-1-2-7/h3-7,18H,1-2H2,(H2,15,17). The minimum Gasteiger partial charge on any atom is -0.505 e. The molecule has 0 amide bonds. The van der Waals surface area contributed by atoms with Crippen LogP contribution in [0.2, 0.25) is 0 Å². The lowest BCUT2D eigenvalue weighted by molar-refractivity contribution is 0.427. The first kappa shape index (κ1) is 11.0. The van der Waals surface area contributed by atoms with Crippen LogP contribution < -0.4 is 5.73 Å². The van der Waals surface area contributed by atoms with Crippen LogP contribution in [0.1, 0.15) is 24.3 Å². The van der Waals surface area contributed by atoms with E-state index in [1.165, 1.54) is 12.4 Å². The van der Waals surface area contributed by atoms with Crippen molar-refractivity contribution in [1.29, 1.82) is 0 Å². The Balaban J connectivity index is 2.07. The van der Waals surface area contributed by atoms with Crippen LogP contribution in [0.25, 0.3) is 11.3 Å². The SMILES string of the molecule is Nc1cnc(-c2ccc(C3CC3)c(O)c2F)cn1. The molecule has 3 N–H and O–H groups in total. The molecule has 1 heterocycles. The zero-order chi connectivity index (χ0) is 12.7. The number of rotatable bonds is 2. The van der Waals surface area contributed by atoms with Crippen LogP contribution in [0.15, 0.2) is 24.5 Å². The summed E-state index contributed by atoms with van der Waals surface area (Å²) in [5.74, 6) is -0.337. The van der Waals surface area contributed by atoms with Crippen molar-refractivity contribution in [3.05, 3.63) is 35.9 Å². The highest BCUT2D eigenvalue weighted by molar-refractivity contribution is 5.63. The Morgan fingerprint density at radius 1 is 1.22 bits per heavy atom. The molecule has 92 valence electrons. The number of aromatic hydroxyl groups is 1. The van der Waals surface area contributed by atoms with E-state index in [0.717, 1.165) is 12.8 Å². The summed E-state index contributed by atoms with van der Waals surface area (Å²) >= 11 is 0. The van der Waals surface area contributed by atoms with Crippen LogP contribution in [0.4, 0.5) is 10.2 Å². The Kier molecular flexibility index (Phi) is 2.40. The molecule has 1 aliphatic rings. The van der Waals surface area contributed by atoms with Gasteiger partial charge in [0.25, 0.3) is 0 Å². The highest BCUT2D eigenvalue weighted by atomic mass is 19.1. The van der Waals surface area contributed by atoms with Gasteiger partial charge in [0.1, 0.15) is 5.82 Å². The third-order valence-electron chi connectivity index (χ3n) is 3.11. The predicted octanol–water partition coefficient (Wildman–Crippen LogP) is 2.45. The maximum Gasteiger partial charge on any atom is 0.174 e. The number of anilines is 1. The number of phenolic OH excluding ortho intramolecular Hbond substituents is 1. The summed E-state index contributed by atoms with van der Waals surface area (Å²) in [6, 6.07) is 3.38. The molecule has 0 spiro atoms. The first-order chi connectivity index (χ1) is 8.66. The zero-order valence-electron chi connectivity index (χ0n) is 9.60. The quantitative estimate of drug-likeness (QED) is 0.852. The van der Waals surface area contributed by atoms with Gasteiger partial charge in [0.2, 0.25) is 0 Å². The van der Waals surface area contributed by atoms with Crippen molar-refractivity contribution in [2.24, 2.45) is 0 Å². The molecule has 4 nitrogen and oxygen atoms in total. The van der Waals surface area contributed by atoms with Gasteiger partial charge in [-0.15, -0.1) is 0 Å². The number of hydrogen-bond donors (Lipinski definition) is 2. The van der Waals surface area contributed by atoms with Gasteiger partial charge >= 0.3 is 0 Å². The molecule has 0 unspecified atom stereocenters. The largest absolute Gasteiger partial charge is 0.505 e. The lowest BCUT2D eigenvalue weighted by Crippen LogP contribution is -1.95. The molecule has 0 radical (unpaired) electrons. The first-order valence-corrected chi connectivity index (χ1v) is 5.76. The molecular weight excluding hydrogens is 233 g/mol. The Labute approximate surface area is 103 Å². The molecule has 0 saturated heterocycles. The van der Waals surface area contributed by atoms with Gasteiger partial charge in [-0.2, -0.15) is 0 Å². The molecule has 0 atom stereocenters. The number of hydrogen-bond acceptors (Lipinski definition) is 4. The van der Waals surface area contributed by atoms with E-state index >= 15 is 0 Å². The smallest absolute Gasteiger partial charge is 0.174 e. The van der Waals surface area contributed by atoms with Crippen molar-refractivity contribution in [3.8, 4) is 17.0 Å². The van der Waals surface area contributed by atoms with E-state index in [9.17, 15) is 9.50 Å². The highest BCUT2D eigenvalue weighted by Crippen LogP contribution is 2.46. The molecule has 2 aromatic rings. The second-order valence-electron chi connectivity index (χ2n) is 4.47. The first-order valence-electron chi connectivity index (χ1n) is 5.76. The molecule has 0 aliphatic heterocycles. The van der Waals surface area contributed by atoms with Gasteiger partial charge in [0, 0.05) is 11.1 Å². The van der Waals surface area contributed by atoms with Crippen LogP contribution in [0.3, 0.4) is 0 Å². The van der Waals surface area contributed by atoms with Crippen LogP contribution in [-0.2, 0) is 0 Å². The fourth-order valence-corrected chi connectivity index (χ4v) is 1.98. The number of phenols is 1. The van der Waals surface area contributed by atoms with Gasteiger partial charge in [-0.25, -0.2) is 9.37 Å². The van der Waals surface area contributed by atoms with Crippen molar-refractivity contribution < 1.29 is 9.50 Å². The Bertz CT molecular complexity index is 594. The maximum atomic E-state index is 14.1. The summed E-state index contributed by atoms with van der Waals surface area (Å²) in [6.45, 7) is 0. The second kappa shape index (κ2) is 3.94. The predicted molar refractivity (Wildman–Crippen MR) is 65.5 cm³/mol. The van der Waals surface area contributed by atoms with E-state index in [4.69, 9.17) is 5.73 Å². The maximum absolute atomic E-state index is 14.1. The summed E-state index contributed by atoms with van der Waals surface area (Å²) in [5, 5.41) is 9.86. The number of halogens is 1. The van der Waals surface area contributed by atoms with Gasteiger partial charge in [-0.1, -0.05) is 6.07 Å². The Hall–Kier alpha value is -2.17. The van der Waals surface area contributed by atoms with Crippen molar-refractivity contribution in [1.82, 2.24) is 9.97 Å². The van der Waals surface area contributed by atoms with E-state index in [-0.39, 0.29) is 17.1 Å². The van der Waals surface area contributed by atoms with E-state index in [2.05, 4.69) is 9.97 Å². The van der Waals surface area contributed by atoms with Crippen molar-refractivity contribution in [2.75, 3.05) is 5.73 Å². The molecule has 5 heteroatoms. The molecule has 0 bridgehead atoms. The number of benzene rings is 1. The summed E-state index contributed by atoms with van der Waals surface area (Å²) < 4.78 is 14.1. The van der Waals surface area contributed by atoms with Crippen LogP contribution in [0.5, 0.6) is 5.75 Å². The minimum atomic E-state index is -0.640. The molecule has 1 aromatic carbocycles.